The molecule has 0 fully saturated rings. The summed E-state index contributed by atoms with van der Waals surface area (Å²) in [6, 6.07) is 4.50. The van der Waals surface area contributed by atoms with Crippen LogP contribution in [0.25, 0.3) is 16.8 Å². The molecule has 4 heteroatoms. The van der Waals surface area contributed by atoms with Crippen LogP contribution in [0.5, 0.6) is 0 Å². The summed E-state index contributed by atoms with van der Waals surface area (Å²) in [4.78, 5) is 7.25. The smallest absolute Gasteiger partial charge is 0.165 e. The highest BCUT2D eigenvalue weighted by atomic mass is 15.4. The largest absolute Gasteiger partial charge is 0.359 e. The molecule has 0 unspecified atom stereocenters. The molecule has 2 aromatic heterocycles. The lowest BCUT2D eigenvalue weighted by molar-refractivity contribution is 0.871. The molecule has 0 saturated carbocycles. The minimum Gasteiger partial charge on any atom is -0.359 e. The standard InChI is InChI=1S/C20H24N4/c1-11-9-12(2)17(13(3)10-11)18-15(5)22-24-19(18)21-14(4)16-7-8-23(6)20(16)24/h9-10H,7-8H2,1-6H3. The maximum Gasteiger partial charge on any atom is 0.165 e. The average molecular weight is 320 g/mol. The molecule has 124 valence electrons. The van der Waals surface area contributed by atoms with E-state index in [4.69, 9.17) is 10.1 Å². The van der Waals surface area contributed by atoms with Gasteiger partial charge in [-0.3, -0.25) is 0 Å². The maximum absolute atomic E-state index is 4.96. The van der Waals surface area contributed by atoms with Crippen LogP contribution in [0.1, 0.15) is 33.6 Å². The number of hydrogen-bond donors (Lipinski definition) is 0. The Balaban J connectivity index is 2.11. The topological polar surface area (TPSA) is 33.4 Å². The van der Waals surface area contributed by atoms with Crippen LogP contribution >= 0.6 is 0 Å². The molecule has 3 heterocycles. The van der Waals surface area contributed by atoms with Crippen molar-refractivity contribution in [3.8, 4) is 11.1 Å². The van der Waals surface area contributed by atoms with Crippen molar-refractivity contribution in [2.24, 2.45) is 0 Å². The van der Waals surface area contributed by atoms with Crippen LogP contribution in [0.4, 0.5) is 5.82 Å². The minimum absolute atomic E-state index is 0.979. The molecule has 0 spiro atoms. The van der Waals surface area contributed by atoms with E-state index in [2.05, 4.69) is 63.2 Å². The molecular formula is C20H24N4. The first-order valence-corrected chi connectivity index (χ1v) is 8.56. The van der Waals surface area contributed by atoms with Crippen molar-refractivity contribution in [2.45, 2.75) is 41.0 Å². The second-order valence-corrected chi connectivity index (χ2v) is 7.14. The fourth-order valence-corrected chi connectivity index (χ4v) is 4.22. The maximum atomic E-state index is 4.96. The second-order valence-electron chi connectivity index (χ2n) is 7.14. The quantitative estimate of drug-likeness (QED) is 0.681. The summed E-state index contributed by atoms with van der Waals surface area (Å²) in [7, 11) is 2.14. The van der Waals surface area contributed by atoms with E-state index in [0.717, 1.165) is 30.0 Å². The highest BCUT2D eigenvalue weighted by molar-refractivity contribution is 5.85. The molecule has 0 saturated heterocycles. The summed E-state index contributed by atoms with van der Waals surface area (Å²) >= 11 is 0. The first kappa shape index (κ1) is 15.2. The van der Waals surface area contributed by atoms with Gasteiger partial charge in [-0.15, -0.1) is 0 Å². The Labute approximate surface area is 143 Å². The molecule has 1 aromatic carbocycles. The van der Waals surface area contributed by atoms with Gasteiger partial charge in [0.15, 0.2) is 5.65 Å². The molecule has 1 aliphatic rings. The Morgan fingerprint density at radius 2 is 1.58 bits per heavy atom. The van der Waals surface area contributed by atoms with Gasteiger partial charge in [-0.25, -0.2) is 4.98 Å². The van der Waals surface area contributed by atoms with Crippen molar-refractivity contribution in [3.63, 3.8) is 0 Å². The molecule has 0 bridgehead atoms. The monoisotopic (exact) mass is 320 g/mol. The molecule has 0 amide bonds. The minimum atomic E-state index is 0.979. The van der Waals surface area contributed by atoms with Crippen molar-refractivity contribution in [2.75, 3.05) is 18.5 Å². The van der Waals surface area contributed by atoms with Crippen molar-refractivity contribution in [3.05, 3.63) is 45.8 Å². The van der Waals surface area contributed by atoms with E-state index < -0.39 is 0 Å². The van der Waals surface area contributed by atoms with Crippen molar-refractivity contribution < 1.29 is 0 Å². The van der Waals surface area contributed by atoms with Crippen LogP contribution in [-0.4, -0.2) is 28.2 Å². The molecule has 0 atom stereocenters. The van der Waals surface area contributed by atoms with Gasteiger partial charge in [0, 0.05) is 24.8 Å². The summed E-state index contributed by atoms with van der Waals surface area (Å²) < 4.78 is 2.05. The third kappa shape index (κ3) is 1.98. The molecule has 3 aromatic rings. The Morgan fingerprint density at radius 1 is 0.917 bits per heavy atom. The highest BCUT2D eigenvalue weighted by Crippen LogP contribution is 2.37. The lowest BCUT2D eigenvalue weighted by Crippen LogP contribution is -2.16. The summed E-state index contributed by atoms with van der Waals surface area (Å²) in [6.07, 6.45) is 1.05. The van der Waals surface area contributed by atoms with Crippen molar-refractivity contribution in [1.29, 1.82) is 0 Å². The van der Waals surface area contributed by atoms with E-state index in [1.54, 1.807) is 0 Å². The molecule has 4 rings (SSSR count). The van der Waals surface area contributed by atoms with Gasteiger partial charge in [0.1, 0.15) is 5.82 Å². The number of anilines is 1. The molecule has 4 nitrogen and oxygen atoms in total. The third-order valence-electron chi connectivity index (χ3n) is 5.20. The summed E-state index contributed by atoms with van der Waals surface area (Å²) in [5.74, 6) is 1.20. The number of aromatic nitrogens is 3. The fourth-order valence-electron chi connectivity index (χ4n) is 4.22. The zero-order valence-corrected chi connectivity index (χ0v) is 15.4. The van der Waals surface area contributed by atoms with Gasteiger partial charge < -0.3 is 4.90 Å². The Hall–Kier alpha value is -2.36. The molecule has 1 aliphatic heterocycles. The Bertz CT molecular complexity index is 958. The van der Waals surface area contributed by atoms with Gasteiger partial charge in [0.05, 0.1) is 11.3 Å². The summed E-state index contributed by atoms with van der Waals surface area (Å²) in [6.45, 7) is 11.8. The van der Waals surface area contributed by atoms with Crippen LogP contribution in [0.3, 0.4) is 0 Å². The van der Waals surface area contributed by atoms with Crippen LogP contribution in [0.15, 0.2) is 12.1 Å². The van der Waals surface area contributed by atoms with Crippen LogP contribution in [-0.2, 0) is 6.42 Å². The number of hydrogen-bond acceptors (Lipinski definition) is 3. The Morgan fingerprint density at radius 3 is 2.25 bits per heavy atom. The van der Waals surface area contributed by atoms with E-state index >= 15 is 0 Å². The lowest BCUT2D eigenvalue weighted by Gasteiger charge is -2.15. The number of fused-ring (bicyclic) bond motifs is 3. The third-order valence-corrected chi connectivity index (χ3v) is 5.20. The van der Waals surface area contributed by atoms with Crippen molar-refractivity contribution in [1.82, 2.24) is 14.6 Å². The van der Waals surface area contributed by atoms with E-state index in [0.29, 0.717) is 0 Å². The summed E-state index contributed by atoms with van der Waals surface area (Å²) in [5.41, 5.74) is 10.8. The van der Waals surface area contributed by atoms with Crippen molar-refractivity contribution >= 4 is 11.5 Å². The molecule has 0 aliphatic carbocycles. The average Bonchev–Trinajstić information content (AvgIpc) is 3.01. The second kappa shape index (κ2) is 5.07. The highest BCUT2D eigenvalue weighted by Gasteiger charge is 2.26. The van der Waals surface area contributed by atoms with Crippen LogP contribution in [0, 0.1) is 34.6 Å². The number of likely N-dealkylation sites (N-methyl/N-ethyl adjacent to an activating group) is 1. The first-order valence-electron chi connectivity index (χ1n) is 8.56. The SMILES string of the molecule is Cc1cc(C)c(-c2c(C)nn3c4c(c(C)nc23)CCN4C)c(C)c1. The summed E-state index contributed by atoms with van der Waals surface area (Å²) in [5, 5.41) is 4.87. The number of nitrogens with zero attached hydrogens (tertiary/aromatic N) is 4. The van der Waals surface area contributed by atoms with E-state index in [-0.39, 0.29) is 0 Å². The van der Waals surface area contributed by atoms with Gasteiger partial charge in [-0.1, -0.05) is 17.7 Å². The van der Waals surface area contributed by atoms with Gasteiger partial charge in [0.25, 0.3) is 0 Å². The predicted molar refractivity (Wildman–Crippen MR) is 99.1 cm³/mol. The zero-order valence-electron chi connectivity index (χ0n) is 15.4. The number of rotatable bonds is 1. The fraction of sp³-hybridized carbons (Fsp3) is 0.400. The first-order chi connectivity index (χ1) is 11.4. The molecule has 0 N–H and O–H groups in total. The van der Waals surface area contributed by atoms with E-state index in [1.165, 1.54) is 39.2 Å². The van der Waals surface area contributed by atoms with Crippen LogP contribution in [0.2, 0.25) is 0 Å². The van der Waals surface area contributed by atoms with E-state index in [9.17, 15) is 0 Å². The number of benzene rings is 1. The van der Waals surface area contributed by atoms with Gasteiger partial charge in [0.2, 0.25) is 0 Å². The lowest BCUT2D eigenvalue weighted by atomic mass is 9.94. The molecule has 24 heavy (non-hydrogen) atoms. The normalized spacial score (nSPS) is 13.8. The van der Waals surface area contributed by atoms with E-state index in [1.807, 2.05) is 0 Å². The predicted octanol–water partition coefficient (Wildman–Crippen LogP) is 3.93. The number of aryl methyl sites for hydroxylation is 5. The zero-order chi connectivity index (χ0) is 17.2. The van der Waals surface area contributed by atoms with Crippen LogP contribution < -0.4 is 4.90 Å². The molecule has 0 radical (unpaired) electrons. The molecular weight excluding hydrogens is 296 g/mol. The van der Waals surface area contributed by atoms with Gasteiger partial charge in [-0.2, -0.15) is 9.61 Å². The Kier molecular flexibility index (Phi) is 3.21. The van der Waals surface area contributed by atoms with Gasteiger partial charge in [-0.05, 0) is 57.7 Å². The van der Waals surface area contributed by atoms with Gasteiger partial charge >= 0.3 is 0 Å².